The zero-order chi connectivity index (χ0) is 24.6. The van der Waals surface area contributed by atoms with Crippen LogP contribution in [0, 0.1) is 23.2 Å². The van der Waals surface area contributed by atoms with E-state index in [9.17, 15) is 27.9 Å². The van der Waals surface area contributed by atoms with Crippen LogP contribution in [0.15, 0.2) is 18.3 Å². The third-order valence-corrected chi connectivity index (χ3v) is 9.46. The summed E-state index contributed by atoms with van der Waals surface area (Å²) in [6.45, 7) is 2.51. The van der Waals surface area contributed by atoms with Crippen molar-refractivity contribution in [2.24, 2.45) is 23.2 Å². The normalized spacial score (nSPS) is 35.7. The van der Waals surface area contributed by atoms with Crippen LogP contribution < -0.4 is 10.2 Å². The van der Waals surface area contributed by atoms with Crippen molar-refractivity contribution in [1.29, 1.82) is 0 Å². The maximum Gasteiger partial charge on any atom is 0.417 e. The quantitative estimate of drug-likeness (QED) is 0.657. The maximum absolute atomic E-state index is 13.5. The first-order valence-corrected chi connectivity index (χ1v) is 12.7. The van der Waals surface area contributed by atoms with Crippen molar-refractivity contribution in [3.05, 3.63) is 23.9 Å². The molecule has 7 nitrogen and oxygen atoms in total. The molecule has 5 aliphatic carbocycles. The summed E-state index contributed by atoms with van der Waals surface area (Å²) in [7, 11) is 0. The smallest absolute Gasteiger partial charge is 0.417 e. The summed E-state index contributed by atoms with van der Waals surface area (Å²) >= 11 is 0. The highest BCUT2D eigenvalue weighted by atomic mass is 19.4. The molecule has 1 saturated heterocycles. The lowest BCUT2D eigenvalue weighted by Gasteiger charge is -2.58. The highest BCUT2D eigenvalue weighted by Gasteiger charge is 2.61. The number of anilines is 1. The van der Waals surface area contributed by atoms with Gasteiger partial charge in [-0.15, -0.1) is 0 Å². The van der Waals surface area contributed by atoms with Crippen molar-refractivity contribution in [2.45, 2.75) is 62.7 Å². The van der Waals surface area contributed by atoms with E-state index in [0.717, 1.165) is 44.4 Å². The van der Waals surface area contributed by atoms with Gasteiger partial charge in [-0.3, -0.25) is 14.5 Å². The molecule has 190 valence electrons. The second kappa shape index (κ2) is 7.82. The molecule has 5 saturated carbocycles. The van der Waals surface area contributed by atoms with Crippen molar-refractivity contribution in [3.8, 4) is 0 Å². The molecule has 2 heterocycles. The van der Waals surface area contributed by atoms with Gasteiger partial charge in [-0.25, -0.2) is 4.98 Å². The number of alkyl halides is 3. The summed E-state index contributed by atoms with van der Waals surface area (Å²) in [4.78, 5) is 33.7. The van der Waals surface area contributed by atoms with Crippen molar-refractivity contribution < 1.29 is 27.9 Å². The van der Waals surface area contributed by atoms with E-state index in [4.69, 9.17) is 0 Å². The molecule has 0 spiro atoms. The largest absolute Gasteiger partial charge is 0.481 e. The Morgan fingerprint density at radius 3 is 2.20 bits per heavy atom. The SMILES string of the molecule is O=C(O)C12CC3CC(C1)C(NC(=O)C1(N4CCN(c5ccc(C(F)(F)F)cn5)CC4)CC1)C(C3)C2. The Kier molecular flexibility index (Phi) is 5.15. The summed E-state index contributed by atoms with van der Waals surface area (Å²) in [6.07, 6.45) is 2.25. The number of aliphatic carboxylic acids is 1. The van der Waals surface area contributed by atoms with Crippen molar-refractivity contribution >= 4 is 17.7 Å². The summed E-state index contributed by atoms with van der Waals surface area (Å²) in [5.74, 6) is 0.895. The van der Waals surface area contributed by atoms with Crippen LogP contribution in [0.5, 0.6) is 0 Å². The number of hydrogen-bond donors (Lipinski definition) is 2. The van der Waals surface area contributed by atoms with Gasteiger partial charge in [-0.2, -0.15) is 13.2 Å². The summed E-state index contributed by atoms with van der Waals surface area (Å²) in [6, 6.07) is 2.54. The molecule has 35 heavy (non-hydrogen) atoms. The number of rotatable bonds is 5. The number of pyridine rings is 1. The van der Waals surface area contributed by atoms with Crippen LogP contribution in [-0.4, -0.2) is 64.6 Å². The Hall–Kier alpha value is -2.36. The number of halogens is 3. The predicted octanol–water partition coefficient (Wildman–Crippen LogP) is 3.15. The Labute approximate surface area is 202 Å². The van der Waals surface area contributed by atoms with Crippen molar-refractivity contribution in [2.75, 3.05) is 31.1 Å². The molecule has 0 aromatic carbocycles. The fourth-order valence-corrected chi connectivity index (χ4v) is 7.72. The minimum atomic E-state index is -4.40. The van der Waals surface area contributed by atoms with E-state index in [-0.39, 0.29) is 23.8 Å². The van der Waals surface area contributed by atoms with E-state index in [2.05, 4.69) is 15.2 Å². The van der Waals surface area contributed by atoms with Crippen LogP contribution >= 0.6 is 0 Å². The van der Waals surface area contributed by atoms with E-state index in [0.29, 0.717) is 50.8 Å². The highest BCUT2D eigenvalue weighted by molar-refractivity contribution is 5.89. The molecule has 6 aliphatic rings. The Morgan fingerprint density at radius 1 is 1.03 bits per heavy atom. The van der Waals surface area contributed by atoms with Gasteiger partial charge < -0.3 is 15.3 Å². The van der Waals surface area contributed by atoms with Crippen LogP contribution in [0.4, 0.5) is 19.0 Å². The minimum absolute atomic E-state index is 0.0699. The monoisotopic (exact) mass is 492 g/mol. The molecule has 7 rings (SSSR count). The van der Waals surface area contributed by atoms with Crippen molar-refractivity contribution in [3.63, 3.8) is 0 Å². The Balaban J connectivity index is 1.08. The number of amides is 1. The van der Waals surface area contributed by atoms with Crippen LogP contribution in [0.2, 0.25) is 0 Å². The van der Waals surface area contributed by atoms with Crippen LogP contribution in [-0.2, 0) is 15.8 Å². The van der Waals surface area contributed by atoms with Gasteiger partial charge in [-0.05, 0) is 74.8 Å². The van der Waals surface area contributed by atoms with Gasteiger partial charge in [0.2, 0.25) is 5.91 Å². The van der Waals surface area contributed by atoms with E-state index in [1.54, 1.807) is 0 Å². The van der Waals surface area contributed by atoms with Gasteiger partial charge in [0.25, 0.3) is 0 Å². The number of aromatic nitrogens is 1. The molecular formula is C25H31F3N4O3. The molecule has 0 radical (unpaired) electrons. The lowest BCUT2D eigenvalue weighted by molar-refractivity contribution is -0.168. The standard InChI is InChI=1S/C25H31F3N4O3/c26-25(27,28)18-1-2-19(29-14-18)31-5-7-32(8-6-31)24(3-4-24)21(33)30-20-16-9-15-10-17(20)13-23(11-15,12-16)22(34)35/h1-2,14-17,20H,3-13H2,(H,30,33)(H,34,35). The van der Waals surface area contributed by atoms with E-state index in [1.807, 2.05) is 4.90 Å². The lowest BCUT2D eigenvalue weighted by atomic mass is 9.48. The van der Waals surface area contributed by atoms with Gasteiger partial charge in [-0.1, -0.05) is 0 Å². The Morgan fingerprint density at radius 2 is 1.69 bits per heavy atom. The number of nitrogens with one attached hydrogen (secondary N) is 1. The molecule has 10 heteroatoms. The molecule has 1 amide bonds. The average Bonchev–Trinajstić information content (AvgIpc) is 3.63. The van der Waals surface area contributed by atoms with Gasteiger partial charge in [0.15, 0.2) is 0 Å². The summed E-state index contributed by atoms with van der Waals surface area (Å²) in [5, 5.41) is 13.2. The molecular weight excluding hydrogens is 461 g/mol. The zero-order valence-corrected chi connectivity index (χ0v) is 19.6. The summed E-state index contributed by atoms with van der Waals surface area (Å²) < 4.78 is 38.5. The number of carbonyl (C=O) groups is 2. The first-order valence-electron chi connectivity index (χ1n) is 12.7. The average molecular weight is 493 g/mol. The molecule has 2 atom stereocenters. The third-order valence-electron chi connectivity index (χ3n) is 9.46. The molecule has 6 fully saturated rings. The molecule has 1 aromatic rings. The van der Waals surface area contributed by atoms with E-state index in [1.165, 1.54) is 6.07 Å². The van der Waals surface area contributed by atoms with Crippen LogP contribution in [0.3, 0.4) is 0 Å². The van der Waals surface area contributed by atoms with E-state index >= 15 is 0 Å². The predicted molar refractivity (Wildman–Crippen MR) is 121 cm³/mol. The number of hydrogen-bond acceptors (Lipinski definition) is 5. The van der Waals surface area contributed by atoms with Gasteiger partial charge in [0.1, 0.15) is 11.4 Å². The molecule has 2 unspecified atom stereocenters. The number of nitrogens with zero attached hydrogens (tertiary/aromatic N) is 3. The maximum atomic E-state index is 13.5. The first kappa shape index (κ1) is 23.1. The molecule has 4 bridgehead atoms. The number of carbonyl (C=O) groups excluding carboxylic acids is 1. The van der Waals surface area contributed by atoms with Crippen LogP contribution in [0.1, 0.15) is 50.5 Å². The van der Waals surface area contributed by atoms with Gasteiger partial charge in [0.05, 0.1) is 11.0 Å². The topological polar surface area (TPSA) is 85.8 Å². The minimum Gasteiger partial charge on any atom is -0.481 e. The van der Waals surface area contributed by atoms with Gasteiger partial charge in [0, 0.05) is 38.4 Å². The second-order valence-corrected chi connectivity index (χ2v) is 11.5. The van der Waals surface area contributed by atoms with E-state index < -0.39 is 28.7 Å². The van der Waals surface area contributed by atoms with Crippen molar-refractivity contribution in [1.82, 2.24) is 15.2 Å². The molecule has 1 aliphatic heterocycles. The molecule has 2 N–H and O–H groups in total. The first-order chi connectivity index (χ1) is 16.6. The summed E-state index contributed by atoms with van der Waals surface area (Å²) in [5.41, 5.74) is -1.84. The highest BCUT2D eigenvalue weighted by Crippen LogP contribution is 2.60. The number of piperazine rings is 1. The number of carboxylic acids is 1. The van der Waals surface area contributed by atoms with Gasteiger partial charge >= 0.3 is 12.1 Å². The fraction of sp³-hybridized carbons (Fsp3) is 0.720. The molecule has 1 aromatic heterocycles. The number of carboxylic acid groups (broad SMARTS) is 1. The zero-order valence-electron chi connectivity index (χ0n) is 19.6. The fourth-order valence-electron chi connectivity index (χ4n) is 7.72. The lowest BCUT2D eigenvalue weighted by Crippen LogP contribution is -2.64. The van der Waals surface area contributed by atoms with Crippen LogP contribution in [0.25, 0.3) is 0 Å². The Bertz CT molecular complexity index is 1000. The second-order valence-electron chi connectivity index (χ2n) is 11.5. The third kappa shape index (κ3) is 3.79.